The van der Waals surface area contributed by atoms with Crippen molar-refractivity contribution in [3.63, 3.8) is 0 Å². The van der Waals surface area contributed by atoms with Crippen LogP contribution in [0.1, 0.15) is 13.8 Å². The first kappa shape index (κ1) is 14.7. The Labute approximate surface area is 110 Å². The monoisotopic (exact) mass is 266 g/mol. The van der Waals surface area contributed by atoms with Gasteiger partial charge in [-0.15, -0.1) is 0 Å². The normalized spacial score (nSPS) is 10.3. The molecule has 0 unspecified atom stereocenters. The first-order valence-electron chi connectivity index (χ1n) is 5.90. The molecule has 0 bridgehead atoms. The summed E-state index contributed by atoms with van der Waals surface area (Å²) in [4.78, 5) is 34.3. The molecule has 7 heteroatoms. The fourth-order valence-electron chi connectivity index (χ4n) is 1.44. The van der Waals surface area contributed by atoms with Crippen molar-refractivity contribution in [2.45, 2.75) is 26.4 Å². The number of nitrogens with zero attached hydrogens (tertiary/aromatic N) is 1. The summed E-state index contributed by atoms with van der Waals surface area (Å²) in [5.41, 5.74) is 5.59. The highest BCUT2D eigenvalue weighted by Crippen LogP contribution is 1.95. The summed E-state index contributed by atoms with van der Waals surface area (Å²) in [6, 6.07) is 2.77. The Morgan fingerprint density at radius 2 is 2.00 bits per heavy atom. The second-order valence-electron chi connectivity index (χ2n) is 4.43. The molecule has 0 spiro atoms. The Morgan fingerprint density at radius 3 is 2.63 bits per heavy atom. The van der Waals surface area contributed by atoms with Crippen LogP contribution in [-0.4, -0.2) is 29.0 Å². The average molecular weight is 266 g/mol. The van der Waals surface area contributed by atoms with E-state index in [2.05, 4.69) is 10.6 Å². The van der Waals surface area contributed by atoms with E-state index in [0.29, 0.717) is 5.69 Å². The zero-order valence-corrected chi connectivity index (χ0v) is 11.0. The van der Waals surface area contributed by atoms with Gasteiger partial charge in [-0.1, -0.05) is 0 Å². The third-order valence-corrected chi connectivity index (χ3v) is 2.22. The van der Waals surface area contributed by atoms with E-state index in [4.69, 9.17) is 5.73 Å². The molecule has 4 N–H and O–H groups in total. The van der Waals surface area contributed by atoms with Crippen LogP contribution in [0, 0.1) is 0 Å². The number of carbonyl (C=O) groups is 2. The minimum absolute atomic E-state index is 0.0148. The van der Waals surface area contributed by atoms with E-state index < -0.39 is 5.91 Å². The van der Waals surface area contributed by atoms with E-state index in [0.717, 1.165) is 0 Å². The Kier molecular flexibility index (Phi) is 5.11. The maximum Gasteiger partial charge on any atom is 0.251 e. The summed E-state index contributed by atoms with van der Waals surface area (Å²) in [5, 5.41) is 5.07. The maximum absolute atomic E-state index is 11.6. The zero-order chi connectivity index (χ0) is 14.4. The molecule has 0 aromatic carbocycles. The van der Waals surface area contributed by atoms with Gasteiger partial charge in [-0.25, -0.2) is 0 Å². The van der Waals surface area contributed by atoms with Crippen LogP contribution in [0.5, 0.6) is 0 Å². The summed E-state index contributed by atoms with van der Waals surface area (Å²) in [7, 11) is 0. The number of hydrogen-bond donors (Lipinski definition) is 3. The van der Waals surface area contributed by atoms with Gasteiger partial charge in [0.05, 0.1) is 6.54 Å². The number of nitrogen functional groups attached to an aromatic ring is 1. The van der Waals surface area contributed by atoms with Crippen LogP contribution in [-0.2, 0) is 16.1 Å². The number of nitrogens with one attached hydrogen (secondary N) is 2. The number of pyridine rings is 1. The molecule has 0 aliphatic carbocycles. The lowest BCUT2D eigenvalue weighted by Gasteiger charge is -2.10. The van der Waals surface area contributed by atoms with E-state index in [1.807, 2.05) is 13.8 Å². The van der Waals surface area contributed by atoms with Gasteiger partial charge in [0.15, 0.2) is 0 Å². The van der Waals surface area contributed by atoms with E-state index in [-0.39, 0.29) is 30.6 Å². The summed E-state index contributed by atoms with van der Waals surface area (Å²) >= 11 is 0. The smallest absolute Gasteiger partial charge is 0.251 e. The number of rotatable bonds is 5. The van der Waals surface area contributed by atoms with Crippen LogP contribution in [0.25, 0.3) is 0 Å². The average Bonchev–Trinajstić information content (AvgIpc) is 2.30. The molecule has 0 radical (unpaired) electrons. The highest BCUT2D eigenvalue weighted by Gasteiger charge is 2.08. The van der Waals surface area contributed by atoms with Crippen molar-refractivity contribution >= 4 is 17.5 Å². The Morgan fingerprint density at radius 1 is 1.32 bits per heavy atom. The largest absolute Gasteiger partial charge is 0.398 e. The van der Waals surface area contributed by atoms with Gasteiger partial charge < -0.3 is 20.9 Å². The lowest BCUT2D eigenvalue weighted by molar-refractivity contribution is -0.126. The topological polar surface area (TPSA) is 106 Å². The molecule has 7 nitrogen and oxygen atoms in total. The van der Waals surface area contributed by atoms with E-state index >= 15 is 0 Å². The van der Waals surface area contributed by atoms with Crippen molar-refractivity contribution < 1.29 is 9.59 Å². The molecule has 19 heavy (non-hydrogen) atoms. The molecule has 0 atom stereocenters. The van der Waals surface area contributed by atoms with Gasteiger partial charge in [0.1, 0.15) is 6.54 Å². The SMILES string of the molecule is CC(C)NC(=O)CNC(=O)Cn1cc(N)ccc1=O. The van der Waals surface area contributed by atoms with Crippen LogP contribution in [0.15, 0.2) is 23.1 Å². The number of anilines is 1. The Hall–Kier alpha value is -2.31. The molecule has 0 saturated carbocycles. The molecule has 2 amide bonds. The number of nitrogens with two attached hydrogens (primary N) is 1. The number of aromatic nitrogens is 1. The number of hydrogen-bond acceptors (Lipinski definition) is 4. The van der Waals surface area contributed by atoms with Crippen molar-refractivity contribution in [3.8, 4) is 0 Å². The van der Waals surface area contributed by atoms with Crippen molar-refractivity contribution in [2.24, 2.45) is 0 Å². The second kappa shape index (κ2) is 6.58. The molecule has 1 heterocycles. The van der Waals surface area contributed by atoms with Crippen molar-refractivity contribution in [2.75, 3.05) is 12.3 Å². The molecule has 0 aliphatic heterocycles. The third kappa shape index (κ3) is 5.24. The molecule has 1 aromatic rings. The van der Waals surface area contributed by atoms with Gasteiger partial charge in [-0.3, -0.25) is 14.4 Å². The quantitative estimate of drug-likeness (QED) is 0.640. The summed E-state index contributed by atoms with van der Waals surface area (Å²) in [6.07, 6.45) is 1.39. The van der Waals surface area contributed by atoms with E-state index in [9.17, 15) is 14.4 Å². The van der Waals surface area contributed by atoms with Gasteiger partial charge in [0, 0.05) is 24.0 Å². The van der Waals surface area contributed by atoms with Gasteiger partial charge >= 0.3 is 0 Å². The maximum atomic E-state index is 11.6. The van der Waals surface area contributed by atoms with Crippen LogP contribution >= 0.6 is 0 Å². The van der Waals surface area contributed by atoms with Gasteiger partial charge in [-0.2, -0.15) is 0 Å². The lowest BCUT2D eigenvalue weighted by atomic mass is 10.4. The van der Waals surface area contributed by atoms with Crippen LogP contribution in [0.2, 0.25) is 0 Å². The molecule has 104 valence electrons. The second-order valence-corrected chi connectivity index (χ2v) is 4.43. The lowest BCUT2D eigenvalue weighted by Crippen LogP contribution is -2.41. The zero-order valence-electron chi connectivity index (χ0n) is 11.0. The van der Waals surface area contributed by atoms with E-state index in [1.54, 1.807) is 0 Å². The number of amides is 2. The first-order chi connectivity index (χ1) is 8.88. The highest BCUT2D eigenvalue weighted by atomic mass is 16.2. The van der Waals surface area contributed by atoms with Gasteiger partial charge in [0.2, 0.25) is 11.8 Å². The van der Waals surface area contributed by atoms with Gasteiger partial charge in [-0.05, 0) is 19.9 Å². The fourth-order valence-corrected chi connectivity index (χ4v) is 1.44. The molecular formula is C12H18N4O3. The molecular weight excluding hydrogens is 248 g/mol. The highest BCUT2D eigenvalue weighted by molar-refractivity contribution is 5.84. The predicted octanol–water partition coefficient (Wildman–Crippen LogP) is -0.929. The standard InChI is InChI=1S/C12H18N4O3/c1-8(2)15-10(17)5-14-11(18)7-16-6-9(13)3-4-12(16)19/h3-4,6,8H,5,7,13H2,1-2H3,(H,14,18)(H,15,17). The van der Waals surface area contributed by atoms with Crippen molar-refractivity contribution in [1.82, 2.24) is 15.2 Å². The van der Waals surface area contributed by atoms with Crippen molar-refractivity contribution in [3.05, 3.63) is 28.7 Å². The summed E-state index contributed by atoms with van der Waals surface area (Å²) in [6.45, 7) is 3.37. The minimum atomic E-state index is -0.424. The Balaban J connectivity index is 2.50. The summed E-state index contributed by atoms with van der Waals surface area (Å²) < 4.78 is 1.19. The molecule has 0 saturated heterocycles. The van der Waals surface area contributed by atoms with E-state index in [1.165, 1.54) is 22.9 Å². The molecule has 0 aliphatic rings. The first-order valence-corrected chi connectivity index (χ1v) is 5.90. The number of carbonyl (C=O) groups excluding carboxylic acids is 2. The van der Waals surface area contributed by atoms with Crippen LogP contribution in [0.4, 0.5) is 5.69 Å². The van der Waals surface area contributed by atoms with Gasteiger partial charge in [0.25, 0.3) is 5.56 Å². The van der Waals surface area contributed by atoms with Crippen molar-refractivity contribution in [1.29, 1.82) is 0 Å². The molecule has 1 rings (SSSR count). The third-order valence-electron chi connectivity index (χ3n) is 2.22. The fraction of sp³-hybridized carbons (Fsp3) is 0.417. The molecule has 1 aromatic heterocycles. The Bertz CT molecular complexity index is 522. The van der Waals surface area contributed by atoms with Crippen LogP contribution in [0.3, 0.4) is 0 Å². The summed E-state index contributed by atoms with van der Waals surface area (Å²) in [5.74, 6) is -0.699. The van der Waals surface area contributed by atoms with Crippen LogP contribution < -0.4 is 21.9 Å². The molecule has 0 fully saturated rings. The predicted molar refractivity (Wildman–Crippen MR) is 71.4 cm³/mol. The minimum Gasteiger partial charge on any atom is -0.398 e.